The van der Waals surface area contributed by atoms with Gasteiger partial charge in [0.15, 0.2) is 0 Å². The van der Waals surface area contributed by atoms with E-state index in [2.05, 4.69) is 0 Å². The van der Waals surface area contributed by atoms with Crippen molar-refractivity contribution >= 4 is 11.3 Å². The Hall–Kier alpha value is -2.86. The van der Waals surface area contributed by atoms with E-state index in [4.69, 9.17) is 5.26 Å². The molecule has 2 aromatic heterocycles. The Bertz CT molecular complexity index is 809. The molecule has 0 atom stereocenters. The third kappa shape index (κ3) is 1.90. The first kappa shape index (κ1) is 11.2. The molecule has 19 heavy (non-hydrogen) atoms. The van der Waals surface area contributed by atoms with Crippen molar-refractivity contribution in [3.63, 3.8) is 0 Å². The van der Waals surface area contributed by atoms with E-state index < -0.39 is 0 Å². The summed E-state index contributed by atoms with van der Waals surface area (Å²) in [6.07, 6.45) is 1.86. The Balaban J connectivity index is 2.11. The zero-order valence-electron chi connectivity index (χ0n) is 10.1. The highest BCUT2D eigenvalue weighted by molar-refractivity contribution is 6.08. The van der Waals surface area contributed by atoms with Crippen molar-refractivity contribution in [2.45, 2.75) is 0 Å². The molecule has 0 radical (unpaired) electrons. The summed E-state index contributed by atoms with van der Waals surface area (Å²) in [5.41, 5.74) is 2.60. The number of rotatable bonds is 2. The molecule has 3 heteroatoms. The number of carbonyl (C=O) groups is 1. The predicted molar refractivity (Wildman–Crippen MR) is 72.0 cm³/mol. The number of ketones is 1. The molecule has 0 N–H and O–H groups in total. The molecule has 0 saturated carbocycles. The van der Waals surface area contributed by atoms with Gasteiger partial charge in [-0.25, -0.2) is 0 Å². The van der Waals surface area contributed by atoms with Gasteiger partial charge in [-0.2, -0.15) is 5.26 Å². The van der Waals surface area contributed by atoms with E-state index in [-0.39, 0.29) is 5.78 Å². The monoisotopic (exact) mass is 246 g/mol. The van der Waals surface area contributed by atoms with Gasteiger partial charge >= 0.3 is 0 Å². The van der Waals surface area contributed by atoms with E-state index in [1.165, 1.54) is 0 Å². The Morgan fingerprint density at radius 1 is 1.05 bits per heavy atom. The van der Waals surface area contributed by atoms with E-state index in [0.717, 1.165) is 5.52 Å². The van der Waals surface area contributed by atoms with Gasteiger partial charge < -0.3 is 4.40 Å². The van der Waals surface area contributed by atoms with Crippen LogP contribution in [0.3, 0.4) is 0 Å². The van der Waals surface area contributed by atoms with Crippen LogP contribution in [0.4, 0.5) is 0 Å². The van der Waals surface area contributed by atoms with Crippen LogP contribution >= 0.6 is 0 Å². The van der Waals surface area contributed by atoms with Crippen LogP contribution in [0.5, 0.6) is 0 Å². The normalized spacial score (nSPS) is 10.3. The number of aromatic nitrogens is 1. The fourth-order valence-electron chi connectivity index (χ4n) is 2.12. The summed E-state index contributed by atoms with van der Waals surface area (Å²) in [6.45, 7) is 0. The Labute approximate surface area is 110 Å². The minimum atomic E-state index is -0.0803. The highest BCUT2D eigenvalue weighted by atomic mass is 16.1. The van der Waals surface area contributed by atoms with Crippen molar-refractivity contribution in [3.8, 4) is 6.07 Å². The molecule has 0 unspecified atom stereocenters. The second kappa shape index (κ2) is 4.43. The van der Waals surface area contributed by atoms with Gasteiger partial charge in [0, 0.05) is 17.3 Å². The van der Waals surface area contributed by atoms with Crippen molar-refractivity contribution in [3.05, 3.63) is 77.6 Å². The molecule has 3 rings (SSSR count). The lowest BCUT2D eigenvalue weighted by Crippen LogP contribution is -2.05. The zero-order chi connectivity index (χ0) is 13.2. The molecule has 0 bridgehead atoms. The largest absolute Gasteiger partial charge is 0.314 e. The molecule has 0 spiro atoms. The average Bonchev–Trinajstić information content (AvgIpc) is 2.90. The van der Waals surface area contributed by atoms with Gasteiger partial charge in [0.1, 0.15) is 0 Å². The molecule has 0 aliphatic rings. The number of benzene rings is 1. The van der Waals surface area contributed by atoms with E-state index in [1.807, 2.05) is 40.9 Å². The van der Waals surface area contributed by atoms with Crippen LogP contribution in [-0.4, -0.2) is 10.2 Å². The maximum Gasteiger partial charge on any atom is 0.209 e. The Morgan fingerprint density at radius 2 is 1.95 bits per heavy atom. The van der Waals surface area contributed by atoms with Crippen LogP contribution in [-0.2, 0) is 0 Å². The lowest BCUT2D eigenvalue weighted by atomic mass is 10.1. The summed E-state index contributed by atoms with van der Waals surface area (Å²) in [7, 11) is 0. The van der Waals surface area contributed by atoms with E-state index in [1.54, 1.807) is 30.3 Å². The third-order valence-corrected chi connectivity index (χ3v) is 3.05. The number of carbonyl (C=O) groups excluding carboxylic acids is 1. The minimum absolute atomic E-state index is 0.0803. The molecular formula is C16H10N2O. The topological polar surface area (TPSA) is 45.3 Å². The maximum absolute atomic E-state index is 12.5. The van der Waals surface area contributed by atoms with Crippen LogP contribution in [0.2, 0.25) is 0 Å². The van der Waals surface area contributed by atoms with Crippen molar-refractivity contribution in [1.82, 2.24) is 4.40 Å². The van der Waals surface area contributed by atoms with Crippen molar-refractivity contribution in [2.24, 2.45) is 0 Å². The smallest absolute Gasteiger partial charge is 0.209 e. The quantitative estimate of drug-likeness (QED) is 0.652. The Kier molecular flexibility index (Phi) is 2.62. The first-order valence-electron chi connectivity index (χ1n) is 5.90. The van der Waals surface area contributed by atoms with Crippen LogP contribution in [0.25, 0.3) is 5.52 Å². The van der Waals surface area contributed by atoms with Gasteiger partial charge in [-0.1, -0.05) is 18.2 Å². The molecule has 3 aromatic rings. The van der Waals surface area contributed by atoms with Gasteiger partial charge in [0.25, 0.3) is 0 Å². The molecule has 0 amide bonds. The number of hydrogen-bond acceptors (Lipinski definition) is 2. The molecule has 3 nitrogen and oxygen atoms in total. The molecule has 0 saturated heterocycles. The summed E-state index contributed by atoms with van der Waals surface area (Å²) >= 11 is 0. The average molecular weight is 246 g/mol. The van der Waals surface area contributed by atoms with Crippen LogP contribution in [0.1, 0.15) is 21.6 Å². The molecular weight excluding hydrogens is 236 g/mol. The van der Waals surface area contributed by atoms with Gasteiger partial charge in [0.2, 0.25) is 5.78 Å². The van der Waals surface area contributed by atoms with Gasteiger partial charge in [-0.3, -0.25) is 4.79 Å². The maximum atomic E-state index is 12.5. The van der Waals surface area contributed by atoms with Gasteiger partial charge in [-0.15, -0.1) is 0 Å². The van der Waals surface area contributed by atoms with Gasteiger partial charge in [0.05, 0.1) is 17.3 Å². The highest BCUT2D eigenvalue weighted by Crippen LogP contribution is 2.15. The molecule has 2 heterocycles. The lowest BCUT2D eigenvalue weighted by molar-refractivity contribution is 0.103. The summed E-state index contributed by atoms with van der Waals surface area (Å²) < 4.78 is 1.85. The summed E-state index contributed by atoms with van der Waals surface area (Å²) in [4.78, 5) is 12.5. The predicted octanol–water partition coefficient (Wildman–Crippen LogP) is 3.04. The van der Waals surface area contributed by atoms with Crippen molar-refractivity contribution < 1.29 is 4.79 Å². The van der Waals surface area contributed by atoms with Crippen molar-refractivity contribution in [1.29, 1.82) is 5.26 Å². The summed E-state index contributed by atoms with van der Waals surface area (Å²) in [6, 6.07) is 18.3. The first-order chi connectivity index (χ1) is 9.29. The standard InChI is InChI=1S/C16H10N2O/c17-11-12-4-3-5-13(10-12)16(19)15-8-7-14-6-1-2-9-18(14)15/h1-10H. The Morgan fingerprint density at radius 3 is 2.79 bits per heavy atom. The third-order valence-electron chi connectivity index (χ3n) is 3.05. The second-order valence-electron chi connectivity index (χ2n) is 4.24. The van der Waals surface area contributed by atoms with E-state index in [0.29, 0.717) is 16.8 Å². The zero-order valence-corrected chi connectivity index (χ0v) is 10.1. The summed E-state index contributed by atoms with van der Waals surface area (Å²) in [5, 5.41) is 8.88. The fourth-order valence-corrected chi connectivity index (χ4v) is 2.12. The van der Waals surface area contributed by atoms with Crippen LogP contribution in [0.15, 0.2) is 60.8 Å². The highest BCUT2D eigenvalue weighted by Gasteiger charge is 2.13. The SMILES string of the molecule is N#Cc1cccc(C(=O)c2ccc3ccccn23)c1. The molecule has 1 aromatic carbocycles. The number of fused-ring (bicyclic) bond motifs is 1. The second-order valence-corrected chi connectivity index (χ2v) is 4.24. The first-order valence-corrected chi connectivity index (χ1v) is 5.90. The van der Waals surface area contributed by atoms with Crippen LogP contribution < -0.4 is 0 Å². The van der Waals surface area contributed by atoms with Gasteiger partial charge in [-0.05, 0) is 36.4 Å². The number of nitriles is 1. The minimum Gasteiger partial charge on any atom is -0.314 e. The lowest BCUT2D eigenvalue weighted by Gasteiger charge is -2.02. The molecule has 0 aliphatic carbocycles. The molecule has 0 aliphatic heterocycles. The number of nitrogens with zero attached hydrogens (tertiary/aromatic N) is 2. The van der Waals surface area contributed by atoms with Crippen molar-refractivity contribution in [2.75, 3.05) is 0 Å². The molecule has 0 fully saturated rings. The molecule has 90 valence electrons. The number of pyridine rings is 1. The fraction of sp³-hybridized carbons (Fsp3) is 0. The summed E-state index contributed by atoms with van der Waals surface area (Å²) in [5.74, 6) is -0.0803. The van der Waals surface area contributed by atoms with E-state index >= 15 is 0 Å². The number of hydrogen-bond donors (Lipinski definition) is 0. The van der Waals surface area contributed by atoms with E-state index in [9.17, 15) is 4.79 Å². The van der Waals surface area contributed by atoms with Crippen LogP contribution in [0, 0.1) is 11.3 Å².